The average Bonchev–Trinajstić information content (AvgIpc) is 1.21. The molecule has 9 nitrogen and oxygen atoms in total. The topological polar surface area (TPSA) is 111 Å². The molecular weight excluding hydrogens is 1250 g/mol. The van der Waals surface area contributed by atoms with Crippen LogP contribution in [0.25, 0.3) is 0 Å². The van der Waals surface area contributed by atoms with E-state index in [0.29, 0.717) is 17.4 Å². The molecule has 0 bridgehead atoms. The zero-order valence-corrected chi connectivity index (χ0v) is 68.3. The Labute approximate surface area is 629 Å². The fourth-order valence-electron chi connectivity index (χ4n) is 13.8. The first-order valence-corrected chi connectivity index (χ1v) is 44.8. The third kappa shape index (κ3) is 84.4. The molecule has 0 fully saturated rings. The van der Waals surface area contributed by atoms with Crippen molar-refractivity contribution >= 4 is 17.9 Å². The van der Waals surface area contributed by atoms with E-state index in [1.165, 1.54) is 372 Å². The highest BCUT2D eigenvalue weighted by atomic mass is 16.7. The molecule has 0 aliphatic rings. The molecule has 2 unspecified atom stereocenters. The zero-order chi connectivity index (χ0) is 73.2. The summed E-state index contributed by atoms with van der Waals surface area (Å²) in [6.45, 7) is 4.73. The maximum Gasteiger partial charge on any atom is 0.306 e. The van der Waals surface area contributed by atoms with Gasteiger partial charge < -0.3 is 33.3 Å². The zero-order valence-electron chi connectivity index (χ0n) is 68.3. The van der Waals surface area contributed by atoms with E-state index in [1.807, 2.05) is 21.1 Å². The van der Waals surface area contributed by atoms with Crippen LogP contribution in [0.3, 0.4) is 0 Å². The minimum Gasteiger partial charge on any atom is -0.545 e. The number of ether oxygens (including phenoxy) is 4. The van der Waals surface area contributed by atoms with Gasteiger partial charge in [-0.15, -0.1) is 0 Å². The summed E-state index contributed by atoms with van der Waals surface area (Å²) in [7, 11) is 5.96. The first-order valence-electron chi connectivity index (χ1n) is 44.8. The highest BCUT2D eigenvalue weighted by Crippen LogP contribution is 2.21. The van der Waals surface area contributed by atoms with E-state index in [0.717, 1.165) is 64.2 Å². The van der Waals surface area contributed by atoms with Crippen molar-refractivity contribution in [3.05, 3.63) is 48.6 Å². The van der Waals surface area contributed by atoms with E-state index in [1.54, 1.807) is 0 Å². The summed E-state index contributed by atoms with van der Waals surface area (Å²) in [4.78, 5) is 37.7. The van der Waals surface area contributed by atoms with Crippen LogP contribution < -0.4 is 5.11 Å². The van der Waals surface area contributed by atoms with Crippen molar-refractivity contribution in [2.45, 2.75) is 476 Å². The van der Waals surface area contributed by atoms with Gasteiger partial charge in [-0.3, -0.25) is 9.59 Å². The molecule has 0 amide bonds. The molecule has 9 heteroatoms. The molecule has 0 aliphatic heterocycles. The molecular formula is C92H173NO8. The van der Waals surface area contributed by atoms with E-state index in [2.05, 4.69) is 62.5 Å². The Bertz CT molecular complexity index is 1800. The third-order valence-corrected chi connectivity index (χ3v) is 20.6. The fraction of sp³-hybridized carbons (Fsp3) is 0.880. The summed E-state index contributed by atoms with van der Waals surface area (Å²) in [5.41, 5.74) is 0. The van der Waals surface area contributed by atoms with Crippen LogP contribution in [-0.4, -0.2) is 82.3 Å². The van der Waals surface area contributed by atoms with Crippen LogP contribution in [0.4, 0.5) is 0 Å². The smallest absolute Gasteiger partial charge is 0.306 e. The number of carbonyl (C=O) groups is 3. The highest BCUT2D eigenvalue weighted by molar-refractivity contribution is 5.70. The number of hydrogen-bond donors (Lipinski definition) is 0. The number of hydrogen-bond acceptors (Lipinski definition) is 8. The number of unbranched alkanes of at least 4 members (excludes halogenated alkanes) is 62. The van der Waals surface area contributed by atoms with Crippen LogP contribution in [0, 0.1) is 0 Å². The van der Waals surface area contributed by atoms with Crippen LogP contribution in [-0.2, 0) is 33.3 Å². The molecule has 0 spiro atoms. The standard InChI is InChI=1S/C92H173NO8/c1-6-8-10-12-14-16-18-20-22-24-26-28-30-32-34-36-38-40-42-44-45-47-49-51-53-55-57-59-61-63-65-67-69-71-73-75-77-79-81-83-90(95)101-88(87-100-92(91(96)97)98-85-84-93(3,4)5)86-99-89(94)82-80-78-76-74-72-70-68-66-64-62-60-58-56-54-52-50-48-46-43-41-39-37-35-33-31-29-27-25-23-21-19-17-15-13-11-9-7-2/h8,10,14,16,20,22,26,28,88,92H,6-7,9,11-13,15,17-19,21,23-25,27,29-87H2,1-5H3/b10-8-,16-14-,22-20-,28-26-. The van der Waals surface area contributed by atoms with Crippen LogP contribution in [0.15, 0.2) is 48.6 Å². The summed E-state index contributed by atoms with van der Waals surface area (Å²) >= 11 is 0. The van der Waals surface area contributed by atoms with Gasteiger partial charge in [0.05, 0.1) is 40.3 Å². The van der Waals surface area contributed by atoms with Gasteiger partial charge in [-0.05, 0) is 51.4 Å². The van der Waals surface area contributed by atoms with Crippen molar-refractivity contribution in [2.75, 3.05) is 47.5 Å². The Morgan fingerprint density at radius 1 is 0.307 bits per heavy atom. The van der Waals surface area contributed by atoms with Crippen LogP contribution in [0.2, 0.25) is 0 Å². The molecule has 0 aromatic carbocycles. The molecule has 0 saturated carbocycles. The SMILES string of the molecule is CC/C=C\C/C=C\C/C=C\C/C=C\CCCCCCCCCCCCCCCCCCCCCCCCCCCCC(=O)OC(COC(=O)CCCCCCCCCCCCCCCCCCCCCCCCCCCCCCCCCCCCCCC)COC(OCC[N+](C)(C)C)C(=O)[O-]. The number of allylic oxidation sites excluding steroid dienone is 8. The van der Waals surface area contributed by atoms with Gasteiger partial charge in [-0.25, -0.2) is 0 Å². The quantitative estimate of drug-likeness (QED) is 0.0195. The maximum atomic E-state index is 13.0. The van der Waals surface area contributed by atoms with Crippen molar-refractivity contribution in [3.8, 4) is 0 Å². The number of carboxylic acids is 1. The van der Waals surface area contributed by atoms with Crippen molar-refractivity contribution in [3.63, 3.8) is 0 Å². The Kier molecular flexibility index (Phi) is 80.6. The first kappa shape index (κ1) is 98.2. The van der Waals surface area contributed by atoms with Crippen molar-refractivity contribution in [1.82, 2.24) is 0 Å². The van der Waals surface area contributed by atoms with Gasteiger partial charge in [0.2, 0.25) is 0 Å². The predicted molar refractivity (Wildman–Crippen MR) is 436 cm³/mol. The van der Waals surface area contributed by atoms with Gasteiger partial charge in [0.1, 0.15) is 13.2 Å². The van der Waals surface area contributed by atoms with Crippen molar-refractivity contribution in [2.24, 2.45) is 0 Å². The number of esters is 2. The molecule has 0 N–H and O–H groups in total. The third-order valence-electron chi connectivity index (χ3n) is 20.6. The fourth-order valence-corrected chi connectivity index (χ4v) is 13.8. The molecule has 594 valence electrons. The molecule has 0 radical (unpaired) electrons. The summed E-state index contributed by atoms with van der Waals surface area (Å²) in [5.74, 6) is -2.24. The number of quaternary nitrogens is 1. The van der Waals surface area contributed by atoms with Gasteiger partial charge in [-0.1, -0.05) is 448 Å². The largest absolute Gasteiger partial charge is 0.545 e. The summed E-state index contributed by atoms with van der Waals surface area (Å²) in [6.07, 6.45) is 107. The molecule has 101 heavy (non-hydrogen) atoms. The first-order chi connectivity index (χ1) is 49.6. The minimum absolute atomic E-state index is 0.152. The second-order valence-electron chi connectivity index (χ2n) is 31.9. The lowest BCUT2D eigenvalue weighted by molar-refractivity contribution is -0.870. The van der Waals surface area contributed by atoms with Gasteiger partial charge in [0.15, 0.2) is 12.4 Å². The van der Waals surface area contributed by atoms with Crippen LogP contribution >= 0.6 is 0 Å². The molecule has 0 saturated heterocycles. The molecule has 0 rings (SSSR count). The molecule has 0 aromatic heterocycles. The Morgan fingerprint density at radius 2 is 0.564 bits per heavy atom. The molecule has 0 heterocycles. The monoisotopic (exact) mass is 1420 g/mol. The molecule has 0 aliphatic carbocycles. The van der Waals surface area contributed by atoms with E-state index in [9.17, 15) is 19.5 Å². The van der Waals surface area contributed by atoms with Crippen molar-refractivity contribution < 1.29 is 42.9 Å². The second-order valence-corrected chi connectivity index (χ2v) is 31.9. The predicted octanol–water partition coefficient (Wildman–Crippen LogP) is 27.8. The van der Waals surface area contributed by atoms with Gasteiger partial charge in [0.25, 0.3) is 0 Å². The van der Waals surface area contributed by atoms with E-state index in [-0.39, 0.29) is 32.2 Å². The normalized spacial score (nSPS) is 12.8. The van der Waals surface area contributed by atoms with E-state index < -0.39 is 24.3 Å². The van der Waals surface area contributed by atoms with Gasteiger partial charge in [-0.2, -0.15) is 0 Å². The lowest BCUT2D eigenvalue weighted by Crippen LogP contribution is -2.44. The lowest BCUT2D eigenvalue weighted by atomic mass is 10.0. The summed E-state index contributed by atoms with van der Waals surface area (Å²) < 4.78 is 22.9. The Hall–Kier alpha value is -2.75. The number of nitrogens with zero attached hydrogens (tertiary/aromatic N) is 1. The van der Waals surface area contributed by atoms with Crippen LogP contribution in [0.5, 0.6) is 0 Å². The molecule has 2 atom stereocenters. The lowest BCUT2D eigenvalue weighted by Gasteiger charge is -2.26. The Morgan fingerprint density at radius 3 is 0.842 bits per heavy atom. The van der Waals surface area contributed by atoms with Gasteiger partial charge in [0, 0.05) is 12.8 Å². The number of likely N-dealkylation sites (N-methyl/N-ethyl adjacent to an activating group) is 1. The summed E-state index contributed by atoms with van der Waals surface area (Å²) in [6, 6.07) is 0. The maximum absolute atomic E-state index is 13.0. The Balaban J connectivity index is 3.89. The minimum atomic E-state index is -1.62. The van der Waals surface area contributed by atoms with Crippen LogP contribution in [0.1, 0.15) is 463 Å². The number of carbonyl (C=O) groups excluding carboxylic acids is 3. The number of rotatable bonds is 85. The number of aliphatic carboxylic acids is 1. The van der Waals surface area contributed by atoms with Crippen molar-refractivity contribution in [1.29, 1.82) is 0 Å². The summed E-state index contributed by atoms with van der Waals surface area (Å²) in [5, 5.41) is 11.9. The molecule has 0 aromatic rings. The van der Waals surface area contributed by atoms with E-state index in [4.69, 9.17) is 18.9 Å². The second kappa shape index (κ2) is 82.9. The van der Waals surface area contributed by atoms with Gasteiger partial charge >= 0.3 is 11.9 Å². The van der Waals surface area contributed by atoms with E-state index >= 15 is 0 Å². The average molecular weight is 1420 g/mol. The number of carboxylic acid groups (broad SMARTS) is 1. The highest BCUT2D eigenvalue weighted by Gasteiger charge is 2.22.